The number of hydrogen-bond donors (Lipinski definition) is 1. The summed E-state index contributed by atoms with van der Waals surface area (Å²) in [6.45, 7) is 0.746. The fourth-order valence-corrected chi connectivity index (χ4v) is 6.35. The third-order valence-electron chi connectivity index (χ3n) is 8.52. The van der Waals surface area contributed by atoms with Crippen LogP contribution in [0.5, 0.6) is 0 Å². The molecule has 1 saturated carbocycles. The molecule has 0 radical (unpaired) electrons. The van der Waals surface area contributed by atoms with Crippen LogP contribution in [-0.4, -0.2) is 78.1 Å². The normalized spacial score (nSPS) is 22.1. The first kappa shape index (κ1) is 30.9. The summed E-state index contributed by atoms with van der Waals surface area (Å²) in [6, 6.07) is 9.47. The number of nitrogens with zero attached hydrogens (tertiary/aromatic N) is 3. The third-order valence-corrected chi connectivity index (χ3v) is 8.83. The van der Waals surface area contributed by atoms with E-state index in [-0.39, 0.29) is 71.0 Å². The predicted octanol–water partition coefficient (Wildman–Crippen LogP) is 4.52. The number of carbonyl (C=O) groups is 3. The lowest BCUT2D eigenvalue weighted by Crippen LogP contribution is -2.45. The van der Waals surface area contributed by atoms with Crippen LogP contribution >= 0.6 is 11.6 Å². The van der Waals surface area contributed by atoms with Crippen LogP contribution in [0.25, 0.3) is 10.9 Å². The molecule has 1 N–H and O–H groups in total. The number of carbonyl (C=O) groups excluding carboxylic acids is 3. The van der Waals surface area contributed by atoms with Crippen molar-refractivity contribution in [3.8, 4) is 0 Å². The van der Waals surface area contributed by atoms with Crippen LogP contribution in [0.4, 0.5) is 10.1 Å². The molecule has 1 aliphatic heterocycles. The minimum Gasteiger partial charge on any atom is -0.469 e. The van der Waals surface area contributed by atoms with Gasteiger partial charge in [-0.05, 0) is 55.9 Å². The van der Waals surface area contributed by atoms with Crippen molar-refractivity contribution in [1.82, 2.24) is 14.7 Å². The molecule has 2 heterocycles. The number of aromatic nitrogens is 2. The largest absolute Gasteiger partial charge is 0.469 e. The maximum atomic E-state index is 15.2. The second-order valence-corrected chi connectivity index (χ2v) is 11.5. The fourth-order valence-electron chi connectivity index (χ4n) is 6.12. The summed E-state index contributed by atoms with van der Waals surface area (Å²) in [5.41, 5.74) is 1.19. The second kappa shape index (κ2) is 13.4. The molecule has 1 aliphatic carbocycles. The van der Waals surface area contributed by atoms with E-state index in [1.165, 1.54) is 13.2 Å². The van der Waals surface area contributed by atoms with E-state index in [1.807, 2.05) is 18.2 Å². The molecule has 0 spiro atoms. The summed E-state index contributed by atoms with van der Waals surface area (Å²) < 4.78 is 33.5. The monoisotopic (exact) mass is 614 g/mol. The van der Waals surface area contributed by atoms with Gasteiger partial charge in [-0.3, -0.25) is 19.1 Å². The van der Waals surface area contributed by atoms with Crippen molar-refractivity contribution in [2.45, 2.75) is 56.8 Å². The van der Waals surface area contributed by atoms with Crippen molar-refractivity contribution >= 4 is 46.0 Å². The highest BCUT2D eigenvalue weighted by atomic mass is 35.5. The van der Waals surface area contributed by atoms with E-state index < -0.39 is 11.7 Å². The number of aryl methyl sites for hydroxylation is 1. The van der Waals surface area contributed by atoms with Crippen molar-refractivity contribution in [2.75, 3.05) is 32.7 Å². The van der Waals surface area contributed by atoms with E-state index in [0.717, 1.165) is 24.4 Å². The number of fused-ring (bicyclic) bond motifs is 1. The Morgan fingerprint density at radius 2 is 1.84 bits per heavy atom. The minimum atomic E-state index is -0.656. The van der Waals surface area contributed by atoms with Gasteiger partial charge >= 0.3 is 5.97 Å². The lowest BCUT2D eigenvalue weighted by Gasteiger charge is -2.32. The van der Waals surface area contributed by atoms with E-state index >= 15 is 4.39 Å². The number of para-hydroxylation sites is 1. The first-order valence-corrected chi connectivity index (χ1v) is 14.8. The topological polar surface area (TPSA) is 112 Å². The highest BCUT2D eigenvalue weighted by molar-refractivity contribution is 6.34. The van der Waals surface area contributed by atoms with Gasteiger partial charge in [-0.1, -0.05) is 29.8 Å². The summed E-state index contributed by atoms with van der Waals surface area (Å²) >= 11 is 6.45. The average molecular weight is 615 g/mol. The van der Waals surface area contributed by atoms with E-state index in [4.69, 9.17) is 25.8 Å². The molecule has 43 heavy (non-hydrogen) atoms. The number of methoxy groups -OCH3 is 2. The fraction of sp³-hybridized carbons (Fsp3) is 0.484. The Morgan fingerprint density at radius 1 is 1.09 bits per heavy atom. The van der Waals surface area contributed by atoms with Crippen molar-refractivity contribution in [3.63, 3.8) is 0 Å². The van der Waals surface area contributed by atoms with Gasteiger partial charge in [-0.25, -0.2) is 4.39 Å². The Morgan fingerprint density at radius 3 is 2.56 bits per heavy atom. The molecule has 1 aromatic heterocycles. The molecular weight excluding hydrogens is 579 g/mol. The number of ether oxygens (including phenoxy) is 3. The Balaban J connectivity index is 1.22. The average Bonchev–Trinajstić information content (AvgIpc) is 3.59. The van der Waals surface area contributed by atoms with Crippen LogP contribution < -0.4 is 5.32 Å². The van der Waals surface area contributed by atoms with Crippen LogP contribution in [-0.2, 0) is 37.3 Å². The summed E-state index contributed by atoms with van der Waals surface area (Å²) in [7, 11) is 4.74. The Kier molecular flexibility index (Phi) is 9.63. The number of anilines is 1. The number of benzene rings is 2. The van der Waals surface area contributed by atoms with Crippen LogP contribution in [0.3, 0.4) is 0 Å². The first-order valence-electron chi connectivity index (χ1n) is 14.4. The molecule has 12 heteroatoms. The summed E-state index contributed by atoms with van der Waals surface area (Å²) in [5, 5.41) is 7.71. The van der Waals surface area contributed by atoms with Crippen LogP contribution in [0.2, 0.25) is 5.02 Å². The zero-order valence-corrected chi connectivity index (χ0v) is 25.2. The summed E-state index contributed by atoms with van der Waals surface area (Å²) in [6.07, 6.45) is 3.09. The van der Waals surface area contributed by atoms with Crippen LogP contribution in [0.15, 0.2) is 36.4 Å². The molecule has 2 aromatic carbocycles. The number of esters is 1. The lowest BCUT2D eigenvalue weighted by molar-refractivity contribution is -0.148. The van der Waals surface area contributed by atoms with Crippen molar-refractivity contribution in [2.24, 2.45) is 13.0 Å². The summed E-state index contributed by atoms with van der Waals surface area (Å²) in [4.78, 5) is 39.9. The first-order chi connectivity index (χ1) is 20.7. The van der Waals surface area contributed by atoms with Crippen molar-refractivity contribution in [3.05, 3.63) is 58.5 Å². The third kappa shape index (κ3) is 6.68. The molecule has 0 bridgehead atoms. The number of rotatable bonds is 9. The number of hydrogen-bond acceptors (Lipinski definition) is 7. The quantitative estimate of drug-likeness (QED) is 0.353. The standard InChI is InChI=1S/C31H36ClFN4O6/c1-36-25-7-5-4-6-21(25)29(35-36)30(39)34-24-16-23(33)19(14-22(24)32)15-28(38)37-13-12-27(41-2)26(37)17-43-20-10-8-18(9-11-20)31(40)42-3/h4-7,14,16,18,20,26-27H,8-13,15,17H2,1-3H3,(H,34,39)/t18-,20-,26-,27+/m1/s1. The molecule has 0 unspecified atom stereocenters. The van der Waals surface area contributed by atoms with Gasteiger partial charge in [0.2, 0.25) is 5.91 Å². The molecule has 10 nitrogen and oxygen atoms in total. The van der Waals surface area contributed by atoms with Crippen molar-refractivity contribution in [1.29, 1.82) is 0 Å². The van der Waals surface area contributed by atoms with Gasteiger partial charge in [-0.2, -0.15) is 5.10 Å². The molecule has 2 aliphatic rings. The van der Waals surface area contributed by atoms with Crippen LogP contribution in [0, 0.1) is 11.7 Å². The molecule has 1 saturated heterocycles. The molecule has 5 rings (SSSR count). The Labute approximate surface area is 254 Å². The van der Waals surface area contributed by atoms with E-state index in [0.29, 0.717) is 31.2 Å². The van der Waals surface area contributed by atoms with Gasteiger partial charge in [0.1, 0.15) is 5.82 Å². The minimum absolute atomic E-state index is 0.0148. The van der Waals surface area contributed by atoms with Gasteiger partial charge in [0.15, 0.2) is 5.69 Å². The zero-order valence-electron chi connectivity index (χ0n) is 24.5. The molecule has 2 amide bonds. The van der Waals surface area contributed by atoms with E-state index in [9.17, 15) is 14.4 Å². The van der Waals surface area contributed by atoms with Gasteiger partial charge < -0.3 is 24.4 Å². The van der Waals surface area contributed by atoms with Gasteiger partial charge in [-0.15, -0.1) is 0 Å². The van der Waals surface area contributed by atoms with Gasteiger partial charge in [0, 0.05) is 26.1 Å². The maximum absolute atomic E-state index is 15.2. The number of nitrogens with one attached hydrogen (secondary N) is 1. The molecule has 230 valence electrons. The smallest absolute Gasteiger partial charge is 0.308 e. The number of likely N-dealkylation sites (tertiary alicyclic amines) is 1. The number of amides is 2. The SMILES string of the molecule is COC(=O)[C@H]1CC[C@H](OC[C@@H]2[C@@H](OC)CCN2C(=O)Cc2cc(Cl)c(NC(=O)c3nn(C)c4ccccc34)cc2F)CC1. The lowest BCUT2D eigenvalue weighted by atomic mass is 9.87. The molecule has 2 atom stereocenters. The molecule has 3 aromatic rings. The van der Waals surface area contributed by atoms with Crippen LogP contribution in [0.1, 0.15) is 48.2 Å². The van der Waals surface area contributed by atoms with Crippen molar-refractivity contribution < 1.29 is 33.0 Å². The zero-order chi connectivity index (χ0) is 30.7. The Hall–Kier alpha value is -3.54. The number of halogens is 2. The second-order valence-electron chi connectivity index (χ2n) is 11.1. The molecule has 2 fully saturated rings. The highest BCUT2D eigenvalue weighted by Crippen LogP contribution is 2.31. The molecular formula is C31H36ClFN4O6. The summed E-state index contributed by atoms with van der Waals surface area (Å²) in [5.74, 6) is -1.73. The van der Waals surface area contributed by atoms with Gasteiger partial charge in [0.25, 0.3) is 5.91 Å². The maximum Gasteiger partial charge on any atom is 0.308 e. The van der Waals surface area contributed by atoms with E-state index in [1.54, 1.807) is 29.8 Å². The van der Waals surface area contributed by atoms with Gasteiger partial charge in [0.05, 0.1) is 60.5 Å². The Bertz CT molecular complexity index is 1500. The highest BCUT2D eigenvalue weighted by Gasteiger charge is 2.38. The van der Waals surface area contributed by atoms with E-state index in [2.05, 4.69) is 10.4 Å². The predicted molar refractivity (Wildman–Crippen MR) is 158 cm³/mol.